The second-order valence-electron chi connectivity index (χ2n) is 3.07. The normalized spacial score (nSPS) is 46.0. The molecule has 6 nitrogen and oxygen atoms in total. The van der Waals surface area contributed by atoms with Crippen molar-refractivity contribution in [3.63, 3.8) is 0 Å². The third kappa shape index (κ3) is 1.80. The lowest BCUT2D eigenvalue weighted by atomic mass is 9.96. The second-order valence-corrected chi connectivity index (χ2v) is 3.07. The van der Waals surface area contributed by atoms with Gasteiger partial charge in [-0.25, -0.2) is 4.79 Å². The minimum atomic E-state index is -1.59. The first kappa shape index (κ1) is 10.4. The van der Waals surface area contributed by atoms with Crippen molar-refractivity contribution in [1.29, 1.82) is 0 Å². The minimum absolute atomic E-state index is 0.806. The van der Waals surface area contributed by atoms with Crippen molar-refractivity contribution in [3.05, 3.63) is 0 Å². The molecule has 6 heteroatoms. The summed E-state index contributed by atoms with van der Waals surface area (Å²) in [4.78, 5) is 10.5. The Kier molecular flexibility index (Phi) is 2.87. The Morgan fingerprint density at radius 1 is 1.15 bits per heavy atom. The number of carbonyl (C=O) groups is 1. The van der Waals surface area contributed by atoms with E-state index < -0.39 is 36.5 Å². The van der Waals surface area contributed by atoms with Crippen LogP contribution in [0.1, 0.15) is 6.92 Å². The third-order valence-corrected chi connectivity index (χ3v) is 2.10. The van der Waals surface area contributed by atoms with Crippen molar-refractivity contribution in [2.45, 2.75) is 37.4 Å². The summed E-state index contributed by atoms with van der Waals surface area (Å²) in [6, 6.07) is 0. The molecular formula is C7H12O6. The van der Waals surface area contributed by atoms with Gasteiger partial charge in [-0.15, -0.1) is 0 Å². The molecule has 1 rings (SSSR count). The molecule has 5 atom stereocenters. The lowest BCUT2D eigenvalue weighted by Gasteiger charge is -2.37. The molecule has 0 aromatic carbocycles. The van der Waals surface area contributed by atoms with E-state index in [2.05, 4.69) is 0 Å². The van der Waals surface area contributed by atoms with Crippen LogP contribution < -0.4 is 0 Å². The van der Waals surface area contributed by atoms with E-state index in [9.17, 15) is 20.1 Å². The van der Waals surface area contributed by atoms with E-state index in [1.807, 2.05) is 0 Å². The van der Waals surface area contributed by atoms with Crippen molar-refractivity contribution < 1.29 is 30.0 Å². The molecule has 0 bridgehead atoms. The van der Waals surface area contributed by atoms with Crippen LogP contribution in [0.5, 0.6) is 0 Å². The van der Waals surface area contributed by atoms with E-state index in [1.165, 1.54) is 6.92 Å². The number of aliphatic hydroxyl groups excluding tert-OH is 3. The van der Waals surface area contributed by atoms with Crippen molar-refractivity contribution in [3.8, 4) is 0 Å². The van der Waals surface area contributed by atoms with E-state index in [0.717, 1.165) is 0 Å². The van der Waals surface area contributed by atoms with Crippen LogP contribution in [0.25, 0.3) is 0 Å². The number of hydrogen-bond donors (Lipinski definition) is 4. The summed E-state index contributed by atoms with van der Waals surface area (Å²) in [5.41, 5.74) is 0. The summed E-state index contributed by atoms with van der Waals surface area (Å²) in [6.07, 6.45) is -6.62. The number of hydrogen-bond acceptors (Lipinski definition) is 5. The van der Waals surface area contributed by atoms with E-state index in [1.54, 1.807) is 0 Å². The molecule has 1 aliphatic heterocycles. The molecule has 13 heavy (non-hydrogen) atoms. The number of rotatable bonds is 1. The van der Waals surface area contributed by atoms with Crippen molar-refractivity contribution in [2.75, 3.05) is 0 Å². The van der Waals surface area contributed by atoms with Gasteiger partial charge in [0.05, 0.1) is 6.10 Å². The monoisotopic (exact) mass is 192 g/mol. The predicted molar refractivity (Wildman–Crippen MR) is 40.0 cm³/mol. The molecule has 0 aliphatic carbocycles. The van der Waals surface area contributed by atoms with Gasteiger partial charge >= 0.3 is 5.97 Å². The molecule has 0 spiro atoms. The van der Waals surface area contributed by atoms with Crippen LogP contribution in [-0.2, 0) is 9.53 Å². The Hall–Kier alpha value is -0.690. The molecule has 0 aromatic rings. The van der Waals surface area contributed by atoms with Crippen LogP contribution >= 0.6 is 0 Å². The lowest BCUT2D eigenvalue weighted by molar-refractivity contribution is -0.223. The Morgan fingerprint density at radius 2 is 1.69 bits per heavy atom. The van der Waals surface area contributed by atoms with Crippen LogP contribution in [0.3, 0.4) is 0 Å². The number of ether oxygens (including phenoxy) is 1. The quantitative estimate of drug-likeness (QED) is 0.380. The average Bonchev–Trinajstić information content (AvgIpc) is 2.07. The van der Waals surface area contributed by atoms with Gasteiger partial charge in [0, 0.05) is 0 Å². The molecular weight excluding hydrogens is 180 g/mol. The summed E-state index contributed by atoms with van der Waals surface area (Å²) in [5.74, 6) is -1.36. The molecule has 76 valence electrons. The number of aliphatic carboxylic acids is 1. The van der Waals surface area contributed by atoms with Gasteiger partial charge in [-0.2, -0.15) is 0 Å². The first-order chi connectivity index (χ1) is 5.95. The summed E-state index contributed by atoms with van der Waals surface area (Å²) >= 11 is 0. The van der Waals surface area contributed by atoms with Gasteiger partial charge in [-0.1, -0.05) is 0 Å². The molecule has 0 radical (unpaired) electrons. The molecule has 1 saturated heterocycles. The fourth-order valence-electron chi connectivity index (χ4n) is 1.26. The maximum atomic E-state index is 10.5. The molecule has 2 unspecified atom stereocenters. The van der Waals surface area contributed by atoms with Crippen molar-refractivity contribution in [2.24, 2.45) is 0 Å². The van der Waals surface area contributed by atoms with Gasteiger partial charge in [0.1, 0.15) is 18.3 Å². The first-order valence-electron chi connectivity index (χ1n) is 3.87. The topological polar surface area (TPSA) is 107 Å². The van der Waals surface area contributed by atoms with Gasteiger partial charge in [0.15, 0.2) is 6.10 Å². The van der Waals surface area contributed by atoms with Crippen molar-refractivity contribution >= 4 is 5.97 Å². The van der Waals surface area contributed by atoms with E-state index in [-0.39, 0.29) is 0 Å². The molecule has 0 aromatic heterocycles. The van der Waals surface area contributed by atoms with Gasteiger partial charge in [0.25, 0.3) is 0 Å². The Labute approximate surface area is 74.4 Å². The number of carboxylic acids is 1. The summed E-state index contributed by atoms with van der Waals surface area (Å²) in [7, 11) is 0. The SMILES string of the molecule is CC1O[C@H](C(=O)O)[C@@H](O)[C@H](O)C1O. The van der Waals surface area contributed by atoms with Crippen molar-refractivity contribution in [1.82, 2.24) is 0 Å². The predicted octanol–water partition coefficient (Wildman–Crippen LogP) is -2.06. The highest BCUT2D eigenvalue weighted by Crippen LogP contribution is 2.20. The van der Waals surface area contributed by atoms with E-state index in [0.29, 0.717) is 0 Å². The zero-order chi connectivity index (χ0) is 10.2. The molecule has 0 amide bonds. The van der Waals surface area contributed by atoms with Crippen LogP contribution in [-0.4, -0.2) is 56.9 Å². The zero-order valence-corrected chi connectivity index (χ0v) is 6.99. The van der Waals surface area contributed by atoms with Crippen LogP contribution in [0.2, 0.25) is 0 Å². The second kappa shape index (κ2) is 3.59. The summed E-state index contributed by atoms with van der Waals surface area (Å²) < 4.78 is 4.78. The Balaban J connectivity index is 2.76. The molecule has 1 heterocycles. The molecule has 1 fully saturated rings. The highest BCUT2D eigenvalue weighted by molar-refractivity contribution is 5.73. The number of aliphatic hydroxyl groups is 3. The molecule has 4 N–H and O–H groups in total. The standard InChI is InChI=1S/C7H12O6/c1-2-3(8)4(9)5(10)6(13-2)7(11)12/h2-6,8-10H,1H3,(H,11,12)/t2?,3?,4-,5+,6+/m1/s1. The maximum absolute atomic E-state index is 10.5. The number of carboxylic acid groups (broad SMARTS) is 1. The summed E-state index contributed by atoms with van der Waals surface area (Å²) in [6.45, 7) is 1.43. The summed E-state index contributed by atoms with van der Waals surface area (Å²) in [5, 5.41) is 36.1. The molecule has 1 aliphatic rings. The third-order valence-electron chi connectivity index (χ3n) is 2.10. The first-order valence-corrected chi connectivity index (χ1v) is 3.87. The average molecular weight is 192 g/mol. The smallest absolute Gasteiger partial charge is 0.335 e. The van der Waals surface area contributed by atoms with Gasteiger partial charge in [0.2, 0.25) is 0 Å². The van der Waals surface area contributed by atoms with Crippen LogP contribution in [0.4, 0.5) is 0 Å². The minimum Gasteiger partial charge on any atom is -0.479 e. The molecule has 0 saturated carbocycles. The highest BCUT2D eigenvalue weighted by Gasteiger charge is 2.44. The van der Waals surface area contributed by atoms with E-state index >= 15 is 0 Å². The Bertz CT molecular complexity index is 205. The van der Waals surface area contributed by atoms with Gasteiger partial charge in [-0.05, 0) is 6.92 Å². The van der Waals surface area contributed by atoms with Gasteiger partial charge in [-0.3, -0.25) is 0 Å². The largest absolute Gasteiger partial charge is 0.479 e. The Morgan fingerprint density at radius 3 is 2.15 bits per heavy atom. The van der Waals surface area contributed by atoms with Crippen LogP contribution in [0, 0.1) is 0 Å². The lowest BCUT2D eigenvalue weighted by Crippen LogP contribution is -2.58. The maximum Gasteiger partial charge on any atom is 0.335 e. The fraction of sp³-hybridized carbons (Fsp3) is 0.857. The van der Waals surface area contributed by atoms with Crippen LogP contribution in [0.15, 0.2) is 0 Å². The zero-order valence-electron chi connectivity index (χ0n) is 6.99. The van der Waals surface area contributed by atoms with E-state index in [4.69, 9.17) is 9.84 Å². The van der Waals surface area contributed by atoms with Gasteiger partial charge < -0.3 is 25.2 Å². The fourth-order valence-corrected chi connectivity index (χ4v) is 1.26. The highest BCUT2D eigenvalue weighted by atomic mass is 16.6.